The number of carbonyl (C=O) groups excluding carboxylic acids is 1. The summed E-state index contributed by atoms with van der Waals surface area (Å²) >= 11 is 0. The van der Waals surface area contributed by atoms with Crippen LogP contribution in [-0.2, 0) is 4.74 Å². The average molecular weight is 269 g/mol. The zero-order chi connectivity index (χ0) is 14.1. The van der Waals surface area contributed by atoms with E-state index in [1.54, 1.807) is 0 Å². The van der Waals surface area contributed by atoms with Gasteiger partial charge in [-0.2, -0.15) is 0 Å². The highest BCUT2D eigenvalue weighted by atomic mass is 16.6. The molecule has 19 heavy (non-hydrogen) atoms. The van der Waals surface area contributed by atoms with Crippen LogP contribution in [0.3, 0.4) is 0 Å². The van der Waals surface area contributed by atoms with Crippen LogP contribution in [0.1, 0.15) is 0 Å². The molecule has 0 heterocycles. The Kier molecular flexibility index (Phi) is 6.27. The third-order valence-electron chi connectivity index (χ3n) is 2.10. The van der Waals surface area contributed by atoms with Crippen LogP contribution >= 0.6 is 0 Å². The van der Waals surface area contributed by atoms with Gasteiger partial charge in [0.2, 0.25) is 0 Å². The predicted octanol–water partition coefficient (Wildman–Crippen LogP) is 0.725. The van der Waals surface area contributed by atoms with Gasteiger partial charge in [-0.05, 0) is 12.1 Å². The van der Waals surface area contributed by atoms with Crippen molar-refractivity contribution in [3.05, 3.63) is 34.4 Å². The highest BCUT2D eigenvalue weighted by molar-refractivity contribution is 5.89. The fourth-order valence-corrected chi connectivity index (χ4v) is 1.25. The number of benzene rings is 1. The van der Waals surface area contributed by atoms with E-state index >= 15 is 0 Å². The summed E-state index contributed by atoms with van der Waals surface area (Å²) in [4.78, 5) is 21.3. The number of rotatable bonds is 7. The minimum Gasteiger partial charge on any atom is -0.394 e. The molecule has 0 atom stereocenters. The summed E-state index contributed by atoms with van der Waals surface area (Å²) in [7, 11) is 0. The summed E-state index contributed by atoms with van der Waals surface area (Å²) in [6.07, 6.45) is 0. The molecule has 0 radical (unpaired) electrons. The van der Waals surface area contributed by atoms with Gasteiger partial charge in [0.1, 0.15) is 0 Å². The number of non-ortho nitro benzene ring substituents is 1. The number of carbonyl (C=O) groups is 1. The second kappa shape index (κ2) is 8.01. The van der Waals surface area contributed by atoms with Crippen molar-refractivity contribution in [2.75, 3.05) is 31.7 Å². The number of ether oxygens (including phenoxy) is 1. The lowest BCUT2D eigenvalue weighted by Gasteiger charge is -2.07. The number of anilines is 1. The number of urea groups is 1. The molecule has 2 amide bonds. The normalized spacial score (nSPS) is 9.95. The van der Waals surface area contributed by atoms with E-state index in [0.29, 0.717) is 18.8 Å². The van der Waals surface area contributed by atoms with Gasteiger partial charge in [-0.25, -0.2) is 4.79 Å². The molecule has 1 aromatic rings. The molecule has 3 N–H and O–H groups in total. The molecule has 8 nitrogen and oxygen atoms in total. The van der Waals surface area contributed by atoms with E-state index in [1.165, 1.54) is 24.3 Å². The number of aliphatic hydroxyl groups is 1. The van der Waals surface area contributed by atoms with Gasteiger partial charge < -0.3 is 20.5 Å². The van der Waals surface area contributed by atoms with E-state index < -0.39 is 11.0 Å². The Morgan fingerprint density at radius 1 is 1.32 bits per heavy atom. The fourth-order valence-electron chi connectivity index (χ4n) is 1.25. The van der Waals surface area contributed by atoms with E-state index in [2.05, 4.69) is 10.6 Å². The summed E-state index contributed by atoms with van der Waals surface area (Å²) in [5.74, 6) is 0. The smallest absolute Gasteiger partial charge is 0.319 e. The van der Waals surface area contributed by atoms with Crippen molar-refractivity contribution in [1.29, 1.82) is 0 Å². The van der Waals surface area contributed by atoms with Crippen molar-refractivity contribution in [1.82, 2.24) is 5.32 Å². The summed E-state index contributed by atoms with van der Waals surface area (Å²) in [5, 5.41) is 24.0. The number of nitro groups is 1. The Balaban J connectivity index is 2.30. The maximum absolute atomic E-state index is 11.4. The SMILES string of the molecule is O=C(NCCOCCO)Nc1ccc([N+](=O)[O-])cc1. The van der Waals surface area contributed by atoms with Crippen molar-refractivity contribution in [3.63, 3.8) is 0 Å². The predicted molar refractivity (Wildman–Crippen MR) is 68.0 cm³/mol. The number of nitro benzene ring substituents is 1. The fraction of sp³-hybridized carbons (Fsp3) is 0.364. The molecule has 1 rings (SSSR count). The molecule has 0 saturated heterocycles. The molecule has 0 saturated carbocycles. The van der Waals surface area contributed by atoms with Gasteiger partial charge in [0.05, 0.1) is 24.7 Å². The molecule has 0 unspecified atom stereocenters. The summed E-state index contributed by atoms with van der Waals surface area (Å²) in [6, 6.07) is 5.07. The molecule has 0 spiro atoms. The Hall–Kier alpha value is -2.19. The minimum absolute atomic E-state index is 0.0386. The molecule has 0 aliphatic rings. The third-order valence-corrected chi connectivity index (χ3v) is 2.10. The first-order valence-electron chi connectivity index (χ1n) is 5.61. The Bertz CT molecular complexity index is 421. The van der Waals surface area contributed by atoms with Crippen molar-refractivity contribution in [3.8, 4) is 0 Å². The molecule has 0 aliphatic carbocycles. The zero-order valence-corrected chi connectivity index (χ0v) is 10.2. The molecule has 0 aromatic heterocycles. The van der Waals surface area contributed by atoms with E-state index in [4.69, 9.17) is 9.84 Å². The van der Waals surface area contributed by atoms with Crippen molar-refractivity contribution >= 4 is 17.4 Å². The lowest BCUT2D eigenvalue weighted by molar-refractivity contribution is -0.384. The van der Waals surface area contributed by atoms with Gasteiger partial charge in [0.25, 0.3) is 5.69 Å². The molecule has 0 aliphatic heterocycles. The molecular formula is C11H15N3O5. The van der Waals surface area contributed by atoms with Crippen LogP contribution in [0.4, 0.5) is 16.2 Å². The van der Waals surface area contributed by atoms with E-state index in [1.807, 2.05) is 0 Å². The second-order valence-corrected chi connectivity index (χ2v) is 3.52. The summed E-state index contributed by atoms with van der Waals surface area (Å²) < 4.78 is 4.96. The van der Waals surface area contributed by atoms with Gasteiger partial charge in [0.15, 0.2) is 0 Å². The summed E-state index contributed by atoms with van der Waals surface area (Å²) in [5.41, 5.74) is 0.419. The molecular weight excluding hydrogens is 254 g/mol. The third kappa shape index (κ3) is 5.80. The van der Waals surface area contributed by atoms with Gasteiger partial charge in [-0.3, -0.25) is 10.1 Å². The molecule has 0 bridgehead atoms. The average Bonchev–Trinajstić information content (AvgIpc) is 2.39. The van der Waals surface area contributed by atoms with Crippen molar-refractivity contribution in [2.45, 2.75) is 0 Å². The monoisotopic (exact) mass is 269 g/mol. The van der Waals surface area contributed by atoms with E-state index in [-0.39, 0.29) is 18.9 Å². The quantitative estimate of drug-likeness (QED) is 0.383. The highest BCUT2D eigenvalue weighted by Gasteiger charge is 2.05. The van der Waals surface area contributed by atoms with Crippen LogP contribution in [0.5, 0.6) is 0 Å². The zero-order valence-electron chi connectivity index (χ0n) is 10.2. The maximum Gasteiger partial charge on any atom is 0.319 e. The Morgan fingerprint density at radius 2 is 2.00 bits per heavy atom. The molecule has 1 aromatic carbocycles. The van der Waals surface area contributed by atoms with Crippen LogP contribution < -0.4 is 10.6 Å². The second-order valence-electron chi connectivity index (χ2n) is 3.52. The van der Waals surface area contributed by atoms with Crippen LogP contribution in [0.15, 0.2) is 24.3 Å². The van der Waals surface area contributed by atoms with E-state index in [9.17, 15) is 14.9 Å². The van der Waals surface area contributed by atoms with Crippen LogP contribution in [0, 0.1) is 10.1 Å². The maximum atomic E-state index is 11.4. The summed E-state index contributed by atoms with van der Waals surface area (Å²) in [6.45, 7) is 0.772. The van der Waals surface area contributed by atoms with Crippen LogP contribution in [0.2, 0.25) is 0 Å². The standard InChI is InChI=1S/C11H15N3O5/c15-6-8-19-7-5-12-11(16)13-9-1-3-10(4-2-9)14(17)18/h1-4,15H,5-8H2,(H2,12,13,16). The van der Waals surface area contributed by atoms with Crippen LogP contribution in [-0.4, -0.2) is 42.4 Å². The number of hydrogen-bond acceptors (Lipinski definition) is 5. The lowest BCUT2D eigenvalue weighted by atomic mass is 10.3. The molecule has 0 fully saturated rings. The van der Waals surface area contributed by atoms with Crippen LogP contribution in [0.25, 0.3) is 0 Å². The number of aliphatic hydroxyl groups excluding tert-OH is 1. The Labute approximate surface area is 109 Å². The first-order valence-corrected chi connectivity index (χ1v) is 5.61. The number of amides is 2. The van der Waals surface area contributed by atoms with Gasteiger partial charge >= 0.3 is 6.03 Å². The first kappa shape index (κ1) is 14.9. The molecule has 8 heteroatoms. The topological polar surface area (TPSA) is 114 Å². The van der Waals surface area contributed by atoms with Gasteiger partial charge in [-0.1, -0.05) is 0 Å². The number of hydrogen-bond donors (Lipinski definition) is 3. The first-order chi connectivity index (χ1) is 9.13. The van der Waals surface area contributed by atoms with Gasteiger partial charge in [-0.15, -0.1) is 0 Å². The highest BCUT2D eigenvalue weighted by Crippen LogP contribution is 2.14. The number of nitrogens with one attached hydrogen (secondary N) is 2. The minimum atomic E-state index is -0.512. The lowest BCUT2D eigenvalue weighted by Crippen LogP contribution is -2.31. The largest absolute Gasteiger partial charge is 0.394 e. The Morgan fingerprint density at radius 3 is 2.58 bits per heavy atom. The van der Waals surface area contributed by atoms with E-state index in [0.717, 1.165) is 0 Å². The van der Waals surface area contributed by atoms with Crippen molar-refractivity contribution < 1.29 is 19.6 Å². The molecule has 104 valence electrons. The van der Waals surface area contributed by atoms with Gasteiger partial charge in [0, 0.05) is 24.4 Å². The van der Waals surface area contributed by atoms with Crippen molar-refractivity contribution in [2.24, 2.45) is 0 Å². The number of nitrogens with zero attached hydrogens (tertiary/aromatic N) is 1.